The summed E-state index contributed by atoms with van der Waals surface area (Å²) in [6.07, 6.45) is -4.28. The maximum Gasteiger partial charge on any atom is 0.401 e. The van der Waals surface area contributed by atoms with Crippen LogP contribution in [0.25, 0.3) is 0 Å². The topological polar surface area (TPSA) is 23.5 Å². The average Bonchev–Trinajstić information content (AvgIpc) is 2.10. The first kappa shape index (κ1) is 14.4. The highest BCUT2D eigenvalue weighted by atomic mass is 35.5. The summed E-state index contributed by atoms with van der Waals surface area (Å²) in [5, 5.41) is 9.86. The Morgan fingerprint density at radius 2 is 1.88 bits per heavy atom. The Labute approximate surface area is 107 Å². The molecule has 1 rings (SSSR count). The third-order valence-corrected chi connectivity index (χ3v) is 2.50. The maximum absolute atomic E-state index is 12.1. The second-order valence-corrected chi connectivity index (χ2v) is 4.53. The summed E-state index contributed by atoms with van der Waals surface area (Å²) in [5.41, 5.74) is 0.259. The molecule has 1 N–H and O–H groups in total. The number of nitrogens with zero attached hydrogens (tertiary/aromatic N) is 1. The first-order valence-corrected chi connectivity index (χ1v) is 5.37. The normalized spacial score (nSPS) is 12.2. The SMILES string of the molecule is CN(Cc1cc(Cl)cc(Cl)c1O)CC(F)(F)F. The van der Waals surface area contributed by atoms with Gasteiger partial charge in [0.2, 0.25) is 0 Å². The molecule has 7 heteroatoms. The van der Waals surface area contributed by atoms with E-state index in [1.54, 1.807) is 0 Å². The van der Waals surface area contributed by atoms with E-state index >= 15 is 0 Å². The van der Waals surface area contributed by atoms with Gasteiger partial charge < -0.3 is 5.11 Å². The lowest BCUT2D eigenvalue weighted by Crippen LogP contribution is -2.30. The molecule has 0 bridgehead atoms. The zero-order valence-corrected chi connectivity index (χ0v) is 10.4. The number of benzene rings is 1. The van der Waals surface area contributed by atoms with Crippen LogP contribution in [0, 0.1) is 0 Å². The zero-order chi connectivity index (χ0) is 13.2. The Balaban J connectivity index is 2.81. The second-order valence-electron chi connectivity index (χ2n) is 3.68. The summed E-state index contributed by atoms with van der Waals surface area (Å²) in [6.45, 7) is -1.16. The summed E-state index contributed by atoms with van der Waals surface area (Å²) in [6, 6.07) is 2.71. The first-order valence-electron chi connectivity index (χ1n) is 4.61. The first-order chi connectivity index (χ1) is 7.69. The van der Waals surface area contributed by atoms with E-state index in [0.29, 0.717) is 0 Å². The molecule has 96 valence electrons. The van der Waals surface area contributed by atoms with Crippen molar-refractivity contribution < 1.29 is 18.3 Å². The minimum atomic E-state index is -4.28. The van der Waals surface area contributed by atoms with Gasteiger partial charge in [0.15, 0.2) is 0 Å². The number of aromatic hydroxyl groups is 1. The Bertz CT molecular complexity index is 409. The number of alkyl halides is 3. The Morgan fingerprint density at radius 3 is 2.41 bits per heavy atom. The van der Waals surface area contributed by atoms with Crippen molar-refractivity contribution in [1.29, 1.82) is 0 Å². The van der Waals surface area contributed by atoms with Gasteiger partial charge in [-0.1, -0.05) is 23.2 Å². The number of phenols is 1. The van der Waals surface area contributed by atoms with E-state index in [0.717, 1.165) is 4.90 Å². The monoisotopic (exact) mass is 287 g/mol. The fraction of sp³-hybridized carbons (Fsp3) is 0.400. The van der Waals surface area contributed by atoms with Crippen molar-refractivity contribution in [2.45, 2.75) is 12.7 Å². The van der Waals surface area contributed by atoms with E-state index in [4.69, 9.17) is 23.2 Å². The molecule has 0 fully saturated rings. The summed E-state index contributed by atoms with van der Waals surface area (Å²) in [5.74, 6) is -0.245. The lowest BCUT2D eigenvalue weighted by Gasteiger charge is -2.19. The highest BCUT2D eigenvalue weighted by Gasteiger charge is 2.29. The highest BCUT2D eigenvalue weighted by molar-refractivity contribution is 6.35. The molecule has 0 saturated carbocycles. The Hall–Kier alpha value is -0.650. The predicted molar refractivity (Wildman–Crippen MR) is 60.5 cm³/mol. The Morgan fingerprint density at radius 1 is 1.29 bits per heavy atom. The van der Waals surface area contributed by atoms with Gasteiger partial charge in [-0.05, 0) is 19.2 Å². The van der Waals surface area contributed by atoms with Crippen molar-refractivity contribution in [1.82, 2.24) is 4.90 Å². The number of hydrogen-bond donors (Lipinski definition) is 1. The van der Waals surface area contributed by atoms with Crippen molar-refractivity contribution in [3.63, 3.8) is 0 Å². The van der Waals surface area contributed by atoms with Crippen LogP contribution < -0.4 is 0 Å². The maximum atomic E-state index is 12.1. The fourth-order valence-electron chi connectivity index (χ4n) is 1.39. The molecule has 1 aromatic carbocycles. The molecule has 17 heavy (non-hydrogen) atoms. The molecule has 2 nitrogen and oxygen atoms in total. The van der Waals surface area contributed by atoms with Gasteiger partial charge in [-0.25, -0.2) is 0 Å². The molecule has 0 aliphatic rings. The van der Waals surface area contributed by atoms with Crippen molar-refractivity contribution in [3.05, 3.63) is 27.7 Å². The van der Waals surface area contributed by atoms with Gasteiger partial charge in [-0.3, -0.25) is 4.90 Å². The molecule has 0 radical (unpaired) electrons. The van der Waals surface area contributed by atoms with Crippen LogP contribution in [0.15, 0.2) is 12.1 Å². The van der Waals surface area contributed by atoms with Crippen LogP contribution in [-0.4, -0.2) is 29.8 Å². The van der Waals surface area contributed by atoms with E-state index in [9.17, 15) is 18.3 Å². The standard InChI is InChI=1S/C10H10Cl2F3NO/c1-16(5-10(13,14)15)4-6-2-7(11)3-8(12)9(6)17/h2-3,17H,4-5H2,1H3. The quantitative estimate of drug-likeness (QED) is 0.916. The molecular weight excluding hydrogens is 278 g/mol. The molecule has 0 atom stereocenters. The van der Waals surface area contributed by atoms with Gasteiger partial charge in [0, 0.05) is 17.1 Å². The summed E-state index contributed by atoms with van der Waals surface area (Å²) in [4.78, 5) is 1.02. The van der Waals surface area contributed by atoms with Crippen LogP contribution >= 0.6 is 23.2 Å². The van der Waals surface area contributed by atoms with E-state index in [1.807, 2.05) is 0 Å². The number of halogens is 5. The smallest absolute Gasteiger partial charge is 0.401 e. The van der Waals surface area contributed by atoms with Crippen LogP contribution in [0.1, 0.15) is 5.56 Å². The van der Waals surface area contributed by atoms with E-state index < -0.39 is 12.7 Å². The molecular formula is C10H10Cl2F3NO. The summed E-state index contributed by atoms with van der Waals surface area (Å²) < 4.78 is 36.3. The van der Waals surface area contributed by atoms with Crippen LogP contribution in [0.4, 0.5) is 13.2 Å². The van der Waals surface area contributed by atoms with Crippen molar-refractivity contribution in [2.75, 3.05) is 13.6 Å². The predicted octanol–water partition coefficient (Wildman–Crippen LogP) is 3.69. The fourth-order valence-corrected chi connectivity index (χ4v) is 1.93. The van der Waals surface area contributed by atoms with Crippen molar-refractivity contribution in [3.8, 4) is 5.75 Å². The lowest BCUT2D eigenvalue weighted by molar-refractivity contribution is -0.144. The lowest BCUT2D eigenvalue weighted by atomic mass is 10.2. The molecule has 0 spiro atoms. The summed E-state index contributed by atoms with van der Waals surface area (Å²) >= 11 is 11.4. The van der Waals surface area contributed by atoms with Gasteiger partial charge >= 0.3 is 6.18 Å². The number of phenolic OH excluding ortho intramolecular Hbond substituents is 1. The van der Waals surface area contributed by atoms with Crippen LogP contribution in [0.5, 0.6) is 5.75 Å². The van der Waals surface area contributed by atoms with Crippen LogP contribution in [0.2, 0.25) is 10.0 Å². The number of hydrogen-bond acceptors (Lipinski definition) is 2. The average molecular weight is 288 g/mol. The van der Waals surface area contributed by atoms with Gasteiger partial charge in [0.05, 0.1) is 11.6 Å². The van der Waals surface area contributed by atoms with E-state index in [2.05, 4.69) is 0 Å². The molecule has 0 amide bonds. The second kappa shape index (κ2) is 5.33. The minimum Gasteiger partial charge on any atom is -0.506 e. The van der Waals surface area contributed by atoms with Crippen molar-refractivity contribution in [2.24, 2.45) is 0 Å². The molecule has 1 aromatic rings. The van der Waals surface area contributed by atoms with Gasteiger partial charge in [0.1, 0.15) is 5.75 Å². The molecule has 0 heterocycles. The molecule has 0 saturated heterocycles. The molecule has 0 aromatic heterocycles. The molecule has 0 aliphatic carbocycles. The molecule has 0 aliphatic heterocycles. The van der Waals surface area contributed by atoms with E-state index in [-0.39, 0.29) is 27.9 Å². The van der Waals surface area contributed by atoms with Gasteiger partial charge in [-0.2, -0.15) is 13.2 Å². The third kappa shape index (κ3) is 4.61. The van der Waals surface area contributed by atoms with Crippen LogP contribution in [0.3, 0.4) is 0 Å². The van der Waals surface area contributed by atoms with Crippen molar-refractivity contribution >= 4 is 23.2 Å². The molecule has 0 unspecified atom stereocenters. The van der Waals surface area contributed by atoms with E-state index in [1.165, 1.54) is 19.2 Å². The largest absolute Gasteiger partial charge is 0.506 e. The summed E-state index contributed by atoms with van der Waals surface area (Å²) in [7, 11) is 1.29. The minimum absolute atomic E-state index is 0.0212. The highest BCUT2D eigenvalue weighted by Crippen LogP contribution is 2.32. The zero-order valence-electron chi connectivity index (χ0n) is 8.85. The number of rotatable bonds is 3. The van der Waals surface area contributed by atoms with Gasteiger partial charge in [-0.15, -0.1) is 0 Å². The Kier molecular flexibility index (Phi) is 4.52. The third-order valence-electron chi connectivity index (χ3n) is 2.00. The van der Waals surface area contributed by atoms with Crippen LogP contribution in [-0.2, 0) is 6.54 Å². The van der Waals surface area contributed by atoms with Gasteiger partial charge in [0.25, 0.3) is 0 Å².